The third-order valence-electron chi connectivity index (χ3n) is 7.59. The Labute approximate surface area is 223 Å². The Hall–Kier alpha value is -2.16. The topological polar surface area (TPSA) is 80.3 Å². The van der Waals surface area contributed by atoms with Gasteiger partial charge in [-0.05, 0) is 69.6 Å². The number of rotatable bonds is 13. The van der Waals surface area contributed by atoms with Gasteiger partial charge in [0, 0.05) is 71.6 Å². The first-order valence-electron chi connectivity index (χ1n) is 13.9. The summed E-state index contributed by atoms with van der Waals surface area (Å²) in [6, 6.07) is 5.76. The number of benzene rings is 1. The van der Waals surface area contributed by atoms with Crippen LogP contribution in [0.25, 0.3) is 0 Å². The Kier molecular flexibility index (Phi) is 11.7. The molecule has 2 aliphatic rings. The minimum absolute atomic E-state index is 0.0151. The zero-order chi connectivity index (χ0) is 26.8. The lowest BCUT2D eigenvalue weighted by atomic mass is 9.93. The number of hydrogen-bond acceptors (Lipinski definition) is 6. The Morgan fingerprint density at radius 2 is 1.89 bits per heavy atom. The molecule has 2 amide bonds. The second kappa shape index (κ2) is 14.7. The molecule has 2 aliphatic heterocycles. The van der Waals surface area contributed by atoms with Crippen LogP contribution in [0.4, 0.5) is 0 Å². The zero-order valence-electron chi connectivity index (χ0n) is 23.5. The minimum Gasteiger partial charge on any atom is -0.493 e. The van der Waals surface area contributed by atoms with Crippen LogP contribution in [0.15, 0.2) is 18.2 Å². The lowest BCUT2D eigenvalue weighted by Gasteiger charge is -2.33. The molecule has 0 saturated carbocycles. The van der Waals surface area contributed by atoms with E-state index in [2.05, 4.69) is 19.2 Å². The summed E-state index contributed by atoms with van der Waals surface area (Å²) in [6.07, 6.45) is 4.51. The Morgan fingerprint density at radius 1 is 1.14 bits per heavy atom. The van der Waals surface area contributed by atoms with E-state index in [0.717, 1.165) is 56.7 Å². The molecule has 1 aromatic rings. The number of amides is 2. The maximum absolute atomic E-state index is 13.6. The summed E-state index contributed by atoms with van der Waals surface area (Å²) in [5.74, 6) is 1.48. The van der Waals surface area contributed by atoms with Crippen molar-refractivity contribution in [2.75, 3.05) is 60.2 Å². The third kappa shape index (κ3) is 8.69. The normalized spacial score (nSPS) is 21.7. The van der Waals surface area contributed by atoms with Crippen molar-refractivity contribution < 1.29 is 23.8 Å². The predicted molar refractivity (Wildman–Crippen MR) is 145 cm³/mol. The fourth-order valence-corrected chi connectivity index (χ4v) is 5.21. The molecule has 3 atom stereocenters. The lowest BCUT2D eigenvalue weighted by molar-refractivity contribution is -0.134. The molecule has 208 valence electrons. The van der Waals surface area contributed by atoms with Gasteiger partial charge < -0.3 is 29.3 Å². The van der Waals surface area contributed by atoms with E-state index in [1.54, 1.807) is 7.11 Å². The standard InChI is InChI=1S/C29H47N3O5/c1-21(2)32(29(34)23-11-10-22(3)27(15-23)37-14-8-12-35-5)20-25-18-30-17-24(25)19-31(4)28(33)16-26-9-6-7-13-36-26/h10-11,15,21,24-26,30H,6-9,12-14,16-20H2,1-5H3/t24-,25-,26+/m0/s1. The molecule has 3 rings (SSSR count). The molecular formula is C29H47N3O5. The molecule has 0 aliphatic carbocycles. The van der Waals surface area contributed by atoms with Gasteiger partial charge in [-0.15, -0.1) is 0 Å². The van der Waals surface area contributed by atoms with Crippen LogP contribution >= 0.6 is 0 Å². The summed E-state index contributed by atoms with van der Waals surface area (Å²) in [7, 11) is 3.57. The van der Waals surface area contributed by atoms with Crippen molar-refractivity contribution >= 4 is 11.8 Å². The molecule has 1 aromatic carbocycles. The number of hydrogen-bond donors (Lipinski definition) is 1. The molecule has 0 bridgehead atoms. The molecule has 2 heterocycles. The van der Waals surface area contributed by atoms with Crippen LogP contribution in [-0.4, -0.2) is 93.9 Å². The number of aryl methyl sites for hydroxylation is 1. The highest BCUT2D eigenvalue weighted by Crippen LogP contribution is 2.25. The van der Waals surface area contributed by atoms with Crippen LogP contribution in [-0.2, 0) is 14.3 Å². The highest BCUT2D eigenvalue weighted by molar-refractivity contribution is 5.95. The molecule has 2 fully saturated rings. The first-order chi connectivity index (χ1) is 17.8. The van der Waals surface area contributed by atoms with E-state index in [0.29, 0.717) is 44.2 Å². The molecule has 0 spiro atoms. The quantitative estimate of drug-likeness (QED) is 0.404. The second-order valence-electron chi connectivity index (χ2n) is 10.9. The molecule has 0 radical (unpaired) electrons. The largest absolute Gasteiger partial charge is 0.493 e. The lowest BCUT2D eigenvalue weighted by Crippen LogP contribution is -2.44. The van der Waals surface area contributed by atoms with Crippen molar-refractivity contribution in [1.29, 1.82) is 0 Å². The van der Waals surface area contributed by atoms with Crippen LogP contribution in [0.5, 0.6) is 5.75 Å². The molecule has 8 nitrogen and oxygen atoms in total. The number of carbonyl (C=O) groups excluding carboxylic acids is 2. The SMILES string of the molecule is COCCCOc1cc(C(=O)N(C[C@@H]2CNC[C@H]2CN(C)C(=O)C[C@H]2CCCCO2)C(C)C)ccc1C. The fourth-order valence-electron chi connectivity index (χ4n) is 5.21. The maximum atomic E-state index is 13.6. The van der Waals surface area contributed by atoms with Crippen LogP contribution < -0.4 is 10.1 Å². The van der Waals surface area contributed by atoms with Gasteiger partial charge in [0.05, 0.1) is 19.1 Å². The van der Waals surface area contributed by atoms with Gasteiger partial charge in [0.25, 0.3) is 5.91 Å². The molecule has 37 heavy (non-hydrogen) atoms. The van der Waals surface area contributed by atoms with Gasteiger partial charge in [-0.2, -0.15) is 0 Å². The summed E-state index contributed by atoms with van der Waals surface area (Å²) < 4.78 is 16.8. The van der Waals surface area contributed by atoms with Crippen molar-refractivity contribution in [3.63, 3.8) is 0 Å². The van der Waals surface area contributed by atoms with Gasteiger partial charge in [-0.3, -0.25) is 9.59 Å². The number of nitrogens with one attached hydrogen (secondary N) is 1. The number of ether oxygens (including phenoxy) is 3. The van der Waals surface area contributed by atoms with Crippen molar-refractivity contribution in [1.82, 2.24) is 15.1 Å². The Balaban J connectivity index is 1.60. The second-order valence-corrected chi connectivity index (χ2v) is 10.9. The van der Waals surface area contributed by atoms with E-state index in [-0.39, 0.29) is 29.9 Å². The molecule has 1 N–H and O–H groups in total. The van der Waals surface area contributed by atoms with Gasteiger partial charge in [-0.25, -0.2) is 0 Å². The maximum Gasteiger partial charge on any atom is 0.254 e. The Morgan fingerprint density at radius 3 is 2.57 bits per heavy atom. The van der Waals surface area contributed by atoms with E-state index in [4.69, 9.17) is 14.2 Å². The molecule has 8 heteroatoms. The number of carbonyl (C=O) groups is 2. The van der Waals surface area contributed by atoms with Gasteiger partial charge >= 0.3 is 0 Å². The van der Waals surface area contributed by atoms with Crippen LogP contribution in [0.1, 0.15) is 61.9 Å². The summed E-state index contributed by atoms with van der Waals surface area (Å²) >= 11 is 0. The minimum atomic E-state index is 0.0151. The van der Waals surface area contributed by atoms with Gasteiger partial charge in [0.2, 0.25) is 5.91 Å². The molecule has 0 unspecified atom stereocenters. The van der Waals surface area contributed by atoms with Crippen LogP contribution in [0.3, 0.4) is 0 Å². The average molecular weight is 518 g/mol. The van der Waals surface area contributed by atoms with Crippen molar-refractivity contribution in [2.45, 2.75) is 65.0 Å². The monoisotopic (exact) mass is 517 g/mol. The van der Waals surface area contributed by atoms with Crippen molar-refractivity contribution in [2.24, 2.45) is 11.8 Å². The van der Waals surface area contributed by atoms with Crippen LogP contribution in [0, 0.1) is 18.8 Å². The highest BCUT2D eigenvalue weighted by atomic mass is 16.5. The van der Waals surface area contributed by atoms with E-state index in [9.17, 15) is 9.59 Å². The number of nitrogens with zero attached hydrogens (tertiary/aromatic N) is 2. The smallest absolute Gasteiger partial charge is 0.254 e. The molecule has 0 aromatic heterocycles. The summed E-state index contributed by atoms with van der Waals surface area (Å²) in [4.78, 5) is 30.3. The van der Waals surface area contributed by atoms with Crippen molar-refractivity contribution in [3.8, 4) is 5.75 Å². The third-order valence-corrected chi connectivity index (χ3v) is 7.59. The molecular weight excluding hydrogens is 470 g/mol. The summed E-state index contributed by atoms with van der Waals surface area (Å²) in [5, 5.41) is 3.49. The predicted octanol–water partition coefficient (Wildman–Crippen LogP) is 3.51. The van der Waals surface area contributed by atoms with Gasteiger partial charge in [0.1, 0.15) is 5.75 Å². The first-order valence-corrected chi connectivity index (χ1v) is 13.9. The Bertz CT molecular complexity index is 871. The fraction of sp³-hybridized carbons (Fsp3) is 0.724. The zero-order valence-corrected chi connectivity index (χ0v) is 23.5. The summed E-state index contributed by atoms with van der Waals surface area (Å²) in [5.41, 5.74) is 1.65. The highest BCUT2D eigenvalue weighted by Gasteiger charge is 2.33. The van der Waals surface area contributed by atoms with Crippen LogP contribution in [0.2, 0.25) is 0 Å². The molecule has 2 saturated heterocycles. The van der Waals surface area contributed by atoms with E-state index in [1.165, 1.54) is 0 Å². The first kappa shape index (κ1) is 29.4. The van der Waals surface area contributed by atoms with Gasteiger partial charge in [-0.1, -0.05) is 6.07 Å². The van der Waals surface area contributed by atoms with E-state index < -0.39 is 0 Å². The average Bonchev–Trinajstić information content (AvgIpc) is 3.32. The van der Waals surface area contributed by atoms with Crippen molar-refractivity contribution in [3.05, 3.63) is 29.3 Å². The van der Waals surface area contributed by atoms with E-state index in [1.807, 2.05) is 42.0 Å². The van der Waals surface area contributed by atoms with E-state index >= 15 is 0 Å². The van der Waals surface area contributed by atoms with Gasteiger partial charge in [0.15, 0.2) is 0 Å². The summed E-state index contributed by atoms with van der Waals surface area (Å²) in [6.45, 7) is 11.1. The number of methoxy groups -OCH3 is 1.